The van der Waals surface area contributed by atoms with E-state index in [4.69, 9.17) is 22.1 Å². The first-order chi connectivity index (χ1) is 10.4. The Morgan fingerprint density at radius 3 is 2.82 bits per heavy atom. The Morgan fingerprint density at radius 1 is 1.50 bits per heavy atom. The molecule has 1 aromatic carbocycles. The second-order valence-electron chi connectivity index (χ2n) is 4.26. The summed E-state index contributed by atoms with van der Waals surface area (Å²) < 4.78 is 6.26. The van der Waals surface area contributed by atoms with E-state index < -0.39 is 11.8 Å². The van der Waals surface area contributed by atoms with E-state index >= 15 is 0 Å². The number of halogens is 2. The number of amides is 2. The van der Waals surface area contributed by atoms with Crippen molar-refractivity contribution < 1.29 is 14.3 Å². The number of thiazole rings is 1. The molecule has 2 aromatic rings. The van der Waals surface area contributed by atoms with Crippen LogP contribution in [0.1, 0.15) is 15.2 Å². The number of hydrogen-bond donors (Lipinski definition) is 2. The van der Waals surface area contributed by atoms with Crippen molar-refractivity contribution in [3.8, 4) is 5.75 Å². The molecule has 0 fully saturated rings. The van der Waals surface area contributed by atoms with Crippen LogP contribution in [0.4, 0.5) is 5.13 Å². The van der Waals surface area contributed by atoms with E-state index in [2.05, 4.69) is 26.2 Å². The van der Waals surface area contributed by atoms with Crippen LogP contribution in [0.5, 0.6) is 5.75 Å². The van der Waals surface area contributed by atoms with Gasteiger partial charge in [-0.15, -0.1) is 0 Å². The molecule has 2 rings (SSSR count). The molecule has 0 unspecified atom stereocenters. The molecular formula is C13H11BrClN3O3S. The van der Waals surface area contributed by atoms with Crippen LogP contribution >= 0.6 is 38.9 Å². The number of rotatable bonds is 5. The van der Waals surface area contributed by atoms with Gasteiger partial charge in [-0.2, -0.15) is 0 Å². The summed E-state index contributed by atoms with van der Waals surface area (Å²) in [6.45, 7) is 1.59. The first-order valence-corrected chi connectivity index (χ1v) is 7.99. The summed E-state index contributed by atoms with van der Waals surface area (Å²) in [5.41, 5.74) is 5.92. The maximum absolute atomic E-state index is 11.8. The molecule has 0 spiro atoms. The van der Waals surface area contributed by atoms with Gasteiger partial charge in [0, 0.05) is 4.47 Å². The molecule has 116 valence electrons. The second-order valence-corrected chi connectivity index (χ2v) is 6.62. The van der Waals surface area contributed by atoms with Crippen LogP contribution in [0.2, 0.25) is 5.02 Å². The lowest BCUT2D eigenvalue weighted by Gasteiger charge is -2.11. The molecule has 0 aliphatic carbocycles. The van der Waals surface area contributed by atoms with Gasteiger partial charge >= 0.3 is 0 Å². The van der Waals surface area contributed by atoms with E-state index in [0.29, 0.717) is 10.8 Å². The monoisotopic (exact) mass is 403 g/mol. The van der Waals surface area contributed by atoms with Gasteiger partial charge < -0.3 is 10.5 Å². The summed E-state index contributed by atoms with van der Waals surface area (Å²) in [7, 11) is 0. The third kappa shape index (κ3) is 4.19. The largest absolute Gasteiger partial charge is 0.482 e. The molecule has 0 aliphatic rings. The maximum atomic E-state index is 11.8. The predicted octanol–water partition coefficient (Wildman–Crippen LogP) is 2.98. The molecule has 2 amide bonds. The molecule has 1 heterocycles. The van der Waals surface area contributed by atoms with E-state index in [-0.39, 0.29) is 16.6 Å². The molecule has 3 N–H and O–H groups in total. The minimum absolute atomic E-state index is 0.228. The van der Waals surface area contributed by atoms with E-state index in [1.165, 1.54) is 6.20 Å². The molecule has 0 aliphatic heterocycles. The average molecular weight is 405 g/mol. The number of aromatic nitrogens is 1. The number of carbonyl (C=O) groups is 2. The van der Waals surface area contributed by atoms with Crippen LogP contribution in [0.3, 0.4) is 0 Å². The topological polar surface area (TPSA) is 94.3 Å². The van der Waals surface area contributed by atoms with E-state index in [1.54, 1.807) is 6.07 Å². The van der Waals surface area contributed by atoms with Gasteiger partial charge in [-0.3, -0.25) is 14.9 Å². The SMILES string of the molecule is Cc1cc(Br)cc(Cl)c1OCC(=O)Nc1ncc(C(N)=O)s1. The molecule has 22 heavy (non-hydrogen) atoms. The summed E-state index contributed by atoms with van der Waals surface area (Å²) in [5, 5.41) is 3.21. The van der Waals surface area contributed by atoms with Crippen LogP contribution in [-0.2, 0) is 4.79 Å². The molecule has 0 radical (unpaired) electrons. The van der Waals surface area contributed by atoms with Gasteiger partial charge in [0.15, 0.2) is 11.7 Å². The fourth-order valence-corrected chi connectivity index (χ4v) is 3.32. The fraction of sp³-hybridized carbons (Fsp3) is 0.154. The van der Waals surface area contributed by atoms with E-state index in [0.717, 1.165) is 21.4 Å². The number of hydrogen-bond acceptors (Lipinski definition) is 5. The van der Waals surface area contributed by atoms with E-state index in [9.17, 15) is 9.59 Å². The number of nitrogens with one attached hydrogen (secondary N) is 1. The lowest BCUT2D eigenvalue weighted by atomic mass is 10.2. The van der Waals surface area contributed by atoms with Crippen molar-refractivity contribution >= 4 is 55.8 Å². The zero-order valence-corrected chi connectivity index (χ0v) is 14.5. The molecule has 0 saturated heterocycles. The Hall–Kier alpha value is -1.64. The standard InChI is InChI=1S/C13H11BrClN3O3S/c1-6-2-7(14)3-8(15)11(6)21-5-10(19)18-13-17-4-9(22-13)12(16)20/h2-4H,5H2,1H3,(H2,16,20)(H,17,18,19). The quantitative estimate of drug-likeness (QED) is 0.801. The van der Waals surface area contributed by atoms with Crippen LogP contribution < -0.4 is 15.8 Å². The summed E-state index contributed by atoms with van der Waals surface area (Å²) in [5.74, 6) is -0.563. The smallest absolute Gasteiger partial charge is 0.264 e. The normalized spacial score (nSPS) is 10.3. The second kappa shape index (κ2) is 7.08. The third-order valence-electron chi connectivity index (χ3n) is 2.54. The van der Waals surface area contributed by atoms with Gasteiger partial charge in [-0.05, 0) is 24.6 Å². The van der Waals surface area contributed by atoms with E-state index in [1.807, 2.05) is 13.0 Å². The van der Waals surface area contributed by atoms with Crippen LogP contribution in [0, 0.1) is 6.92 Å². The lowest BCUT2D eigenvalue weighted by molar-refractivity contribution is -0.118. The number of primary amides is 1. The third-order valence-corrected chi connectivity index (χ3v) is 4.20. The molecule has 0 atom stereocenters. The fourth-order valence-electron chi connectivity index (χ4n) is 1.61. The van der Waals surface area contributed by atoms with Crippen LogP contribution in [-0.4, -0.2) is 23.4 Å². The molecule has 1 aromatic heterocycles. The minimum atomic E-state index is -0.591. The van der Waals surface area contributed by atoms with Gasteiger partial charge in [0.1, 0.15) is 10.6 Å². The van der Waals surface area contributed by atoms with Crippen molar-refractivity contribution in [3.05, 3.63) is 38.3 Å². The number of carbonyl (C=O) groups excluding carboxylic acids is 2. The van der Waals surface area contributed by atoms with Gasteiger partial charge in [-0.25, -0.2) is 4.98 Å². The number of nitrogens with zero attached hydrogens (tertiary/aromatic N) is 1. The first-order valence-electron chi connectivity index (χ1n) is 6.00. The number of aryl methyl sites for hydroxylation is 1. The summed E-state index contributed by atoms with van der Waals surface area (Å²) >= 11 is 10.4. The highest BCUT2D eigenvalue weighted by Crippen LogP contribution is 2.32. The zero-order valence-electron chi connectivity index (χ0n) is 11.4. The number of nitrogens with two attached hydrogens (primary N) is 1. The minimum Gasteiger partial charge on any atom is -0.482 e. The molecule has 6 nitrogen and oxygen atoms in total. The summed E-state index contributed by atoms with van der Waals surface area (Å²) in [6.07, 6.45) is 1.30. The first kappa shape index (κ1) is 16.7. The highest BCUT2D eigenvalue weighted by molar-refractivity contribution is 9.10. The van der Waals surface area contributed by atoms with Gasteiger partial charge in [-0.1, -0.05) is 38.9 Å². The van der Waals surface area contributed by atoms with Gasteiger partial charge in [0.2, 0.25) is 0 Å². The maximum Gasteiger partial charge on any atom is 0.264 e. The Balaban J connectivity index is 1.97. The number of ether oxygens (including phenoxy) is 1. The highest BCUT2D eigenvalue weighted by atomic mass is 79.9. The molecule has 0 saturated carbocycles. The number of anilines is 1. The zero-order chi connectivity index (χ0) is 16.3. The highest BCUT2D eigenvalue weighted by Gasteiger charge is 2.12. The average Bonchev–Trinajstić information content (AvgIpc) is 2.86. The van der Waals surface area contributed by atoms with Crippen molar-refractivity contribution in [3.63, 3.8) is 0 Å². The van der Waals surface area contributed by atoms with Crippen LogP contribution in [0.25, 0.3) is 0 Å². The molecule has 9 heteroatoms. The lowest BCUT2D eigenvalue weighted by Crippen LogP contribution is -2.20. The van der Waals surface area contributed by atoms with Crippen molar-refractivity contribution in [1.29, 1.82) is 0 Å². The van der Waals surface area contributed by atoms with Crippen molar-refractivity contribution in [2.24, 2.45) is 5.73 Å². The Bertz CT molecular complexity index is 712. The molecule has 0 bridgehead atoms. The molecular weight excluding hydrogens is 394 g/mol. The Labute approximate surface area is 143 Å². The van der Waals surface area contributed by atoms with Crippen molar-refractivity contribution in [2.75, 3.05) is 11.9 Å². The van der Waals surface area contributed by atoms with Gasteiger partial charge in [0.05, 0.1) is 11.2 Å². The number of benzene rings is 1. The van der Waals surface area contributed by atoms with Crippen molar-refractivity contribution in [2.45, 2.75) is 6.92 Å². The Morgan fingerprint density at radius 2 is 2.23 bits per heavy atom. The predicted molar refractivity (Wildman–Crippen MR) is 88.6 cm³/mol. The van der Waals surface area contributed by atoms with Crippen molar-refractivity contribution in [1.82, 2.24) is 4.98 Å². The van der Waals surface area contributed by atoms with Gasteiger partial charge in [0.25, 0.3) is 11.8 Å². The Kier molecular flexibility index (Phi) is 5.38. The summed E-state index contributed by atoms with van der Waals surface area (Å²) in [6, 6.07) is 3.51. The van der Waals surface area contributed by atoms with Crippen LogP contribution in [0.15, 0.2) is 22.8 Å². The summed E-state index contributed by atoms with van der Waals surface area (Å²) in [4.78, 5) is 26.9.